The number of pyridine rings is 1. The Kier molecular flexibility index (Phi) is 4.30. The Morgan fingerprint density at radius 3 is 2.85 bits per heavy atom. The van der Waals surface area contributed by atoms with Gasteiger partial charge < -0.3 is 10.1 Å². The summed E-state index contributed by atoms with van der Waals surface area (Å²) < 4.78 is 17.8. The SMILES string of the molecule is COC(=O)c1cccc(N[C@@H](C)c2cncc(F)c2)c1. The second kappa shape index (κ2) is 6.14. The van der Waals surface area contributed by atoms with Gasteiger partial charge in [-0.3, -0.25) is 4.98 Å². The molecular weight excluding hydrogens is 259 g/mol. The van der Waals surface area contributed by atoms with E-state index < -0.39 is 5.97 Å². The highest BCUT2D eigenvalue weighted by Gasteiger charge is 2.09. The minimum absolute atomic E-state index is 0.133. The third-order valence-corrected chi connectivity index (χ3v) is 2.89. The topological polar surface area (TPSA) is 51.2 Å². The van der Waals surface area contributed by atoms with Crippen molar-refractivity contribution in [2.45, 2.75) is 13.0 Å². The number of hydrogen-bond donors (Lipinski definition) is 1. The molecule has 0 saturated carbocycles. The molecule has 20 heavy (non-hydrogen) atoms. The van der Waals surface area contributed by atoms with Gasteiger partial charge in [-0.05, 0) is 36.8 Å². The first-order valence-corrected chi connectivity index (χ1v) is 6.15. The van der Waals surface area contributed by atoms with Crippen molar-refractivity contribution >= 4 is 11.7 Å². The highest BCUT2D eigenvalue weighted by Crippen LogP contribution is 2.20. The summed E-state index contributed by atoms with van der Waals surface area (Å²) in [7, 11) is 1.34. The van der Waals surface area contributed by atoms with Crippen LogP contribution in [0.25, 0.3) is 0 Å². The van der Waals surface area contributed by atoms with Gasteiger partial charge in [0.05, 0.1) is 24.9 Å². The molecular formula is C15H15FN2O2. The van der Waals surface area contributed by atoms with Crippen molar-refractivity contribution in [2.75, 3.05) is 12.4 Å². The van der Waals surface area contributed by atoms with Crippen LogP contribution >= 0.6 is 0 Å². The van der Waals surface area contributed by atoms with Gasteiger partial charge in [-0.15, -0.1) is 0 Å². The summed E-state index contributed by atoms with van der Waals surface area (Å²) in [5.41, 5.74) is 1.94. The minimum atomic E-state index is -0.395. The van der Waals surface area contributed by atoms with Gasteiger partial charge in [-0.2, -0.15) is 0 Å². The monoisotopic (exact) mass is 274 g/mol. The normalized spacial score (nSPS) is 11.8. The summed E-state index contributed by atoms with van der Waals surface area (Å²) in [5, 5.41) is 3.19. The molecule has 0 bridgehead atoms. The van der Waals surface area contributed by atoms with Gasteiger partial charge in [0.2, 0.25) is 0 Å². The van der Waals surface area contributed by atoms with Crippen molar-refractivity contribution in [3.63, 3.8) is 0 Å². The second-order valence-corrected chi connectivity index (χ2v) is 4.37. The summed E-state index contributed by atoms with van der Waals surface area (Å²) in [4.78, 5) is 15.3. The molecule has 0 aliphatic heterocycles. The van der Waals surface area contributed by atoms with Gasteiger partial charge in [0.25, 0.3) is 0 Å². The van der Waals surface area contributed by atoms with Gasteiger partial charge in [-0.25, -0.2) is 9.18 Å². The molecule has 1 atom stereocenters. The van der Waals surface area contributed by atoms with Gasteiger partial charge in [0, 0.05) is 11.9 Å². The zero-order chi connectivity index (χ0) is 14.5. The van der Waals surface area contributed by atoms with Gasteiger partial charge in [-0.1, -0.05) is 6.07 Å². The number of nitrogens with zero attached hydrogens (tertiary/aromatic N) is 1. The van der Waals surface area contributed by atoms with Crippen molar-refractivity contribution in [3.8, 4) is 0 Å². The van der Waals surface area contributed by atoms with E-state index >= 15 is 0 Å². The third kappa shape index (κ3) is 3.32. The van der Waals surface area contributed by atoms with Crippen LogP contribution in [0.2, 0.25) is 0 Å². The Bertz CT molecular complexity index is 616. The van der Waals surface area contributed by atoms with Crippen molar-refractivity contribution in [2.24, 2.45) is 0 Å². The molecule has 0 saturated heterocycles. The number of esters is 1. The molecule has 1 heterocycles. The Hall–Kier alpha value is -2.43. The lowest BCUT2D eigenvalue weighted by Gasteiger charge is -2.15. The van der Waals surface area contributed by atoms with E-state index in [1.807, 2.05) is 13.0 Å². The molecule has 104 valence electrons. The average Bonchev–Trinajstić information content (AvgIpc) is 2.46. The maximum atomic E-state index is 13.1. The summed E-state index contributed by atoms with van der Waals surface area (Å²) in [6.45, 7) is 1.89. The van der Waals surface area contributed by atoms with Crippen molar-refractivity contribution in [1.29, 1.82) is 0 Å². The highest BCUT2D eigenvalue weighted by molar-refractivity contribution is 5.90. The van der Waals surface area contributed by atoms with E-state index in [1.54, 1.807) is 24.4 Å². The number of nitrogens with one attached hydrogen (secondary N) is 1. The van der Waals surface area contributed by atoms with Crippen LogP contribution in [0, 0.1) is 5.82 Å². The fourth-order valence-corrected chi connectivity index (χ4v) is 1.85. The van der Waals surface area contributed by atoms with E-state index in [9.17, 15) is 9.18 Å². The van der Waals surface area contributed by atoms with E-state index in [4.69, 9.17) is 0 Å². The van der Waals surface area contributed by atoms with E-state index in [1.165, 1.54) is 13.2 Å². The molecule has 0 aliphatic carbocycles. The zero-order valence-corrected chi connectivity index (χ0v) is 11.3. The molecule has 1 aromatic carbocycles. The Morgan fingerprint density at radius 1 is 1.35 bits per heavy atom. The molecule has 4 nitrogen and oxygen atoms in total. The predicted molar refractivity (Wildman–Crippen MR) is 74.0 cm³/mol. The van der Waals surface area contributed by atoms with E-state index in [0.717, 1.165) is 17.4 Å². The average molecular weight is 274 g/mol. The largest absolute Gasteiger partial charge is 0.465 e. The van der Waals surface area contributed by atoms with Crippen molar-refractivity contribution < 1.29 is 13.9 Å². The number of rotatable bonds is 4. The Balaban J connectivity index is 2.15. The number of ether oxygens (including phenoxy) is 1. The summed E-state index contributed by atoms with van der Waals surface area (Å²) in [5.74, 6) is -0.770. The first kappa shape index (κ1) is 14.0. The van der Waals surface area contributed by atoms with Crippen LogP contribution in [0.3, 0.4) is 0 Å². The standard InChI is InChI=1S/C15H15FN2O2/c1-10(12-6-13(16)9-17-8-12)18-14-5-3-4-11(7-14)15(19)20-2/h3-10,18H,1-2H3/t10-/m0/s1. The quantitative estimate of drug-likeness (QED) is 0.870. The molecule has 1 N–H and O–H groups in total. The fourth-order valence-electron chi connectivity index (χ4n) is 1.85. The number of halogens is 1. The first-order valence-electron chi connectivity index (χ1n) is 6.15. The van der Waals surface area contributed by atoms with Crippen LogP contribution in [0.15, 0.2) is 42.7 Å². The highest BCUT2D eigenvalue weighted by atomic mass is 19.1. The lowest BCUT2D eigenvalue weighted by atomic mass is 10.1. The molecule has 0 spiro atoms. The number of aromatic nitrogens is 1. The molecule has 0 aliphatic rings. The molecule has 0 radical (unpaired) electrons. The Labute approximate surface area is 116 Å². The number of anilines is 1. The van der Waals surface area contributed by atoms with Crippen molar-refractivity contribution in [3.05, 3.63) is 59.7 Å². The molecule has 2 aromatic rings. The molecule has 0 amide bonds. The van der Waals surface area contributed by atoms with Crippen LogP contribution in [-0.4, -0.2) is 18.1 Å². The maximum Gasteiger partial charge on any atom is 0.337 e. The van der Waals surface area contributed by atoms with Crippen LogP contribution in [0.1, 0.15) is 28.9 Å². The molecule has 5 heteroatoms. The third-order valence-electron chi connectivity index (χ3n) is 2.89. The van der Waals surface area contributed by atoms with Crippen molar-refractivity contribution in [1.82, 2.24) is 4.98 Å². The van der Waals surface area contributed by atoms with Crippen LogP contribution in [0.4, 0.5) is 10.1 Å². The number of benzene rings is 1. The van der Waals surface area contributed by atoms with Gasteiger partial charge in [0.1, 0.15) is 5.82 Å². The van der Waals surface area contributed by atoms with E-state index in [2.05, 4.69) is 15.0 Å². The smallest absolute Gasteiger partial charge is 0.337 e. The lowest BCUT2D eigenvalue weighted by Crippen LogP contribution is -2.08. The predicted octanol–water partition coefficient (Wildman–Crippen LogP) is 3.18. The number of carbonyl (C=O) groups excluding carboxylic acids is 1. The van der Waals surface area contributed by atoms with Crippen LogP contribution < -0.4 is 5.32 Å². The summed E-state index contributed by atoms with van der Waals surface area (Å²) in [6.07, 6.45) is 2.76. The van der Waals surface area contributed by atoms with Gasteiger partial charge >= 0.3 is 5.97 Å². The lowest BCUT2D eigenvalue weighted by molar-refractivity contribution is 0.0601. The first-order chi connectivity index (χ1) is 9.60. The molecule has 0 fully saturated rings. The van der Waals surface area contributed by atoms with E-state index in [-0.39, 0.29) is 11.9 Å². The molecule has 1 aromatic heterocycles. The fraction of sp³-hybridized carbons (Fsp3) is 0.200. The minimum Gasteiger partial charge on any atom is -0.465 e. The summed E-state index contributed by atoms with van der Waals surface area (Å²) >= 11 is 0. The second-order valence-electron chi connectivity index (χ2n) is 4.37. The zero-order valence-electron chi connectivity index (χ0n) is 11.3. The van der Waals surface area contributed by atoms with E-state index in [0.29, 0.717) is 5.56 Å². The number of hydrogen-bond acceptors (Lipinski definition) is 4. The maximum absolute atomic E-state index is 13.1. The Morgan fingerprint density at radius 2 is 2.15 bits per heavy atom. The number of carbonyl (C=O) groups is 1. The van der Waals surface area contributed by atoms with Crippen LogP contribution in [0.5, 0.6) is 0 Å². The summed E-state index contributed by atoms with van der Waals surface area (Å²) in [6, 6.07) is 8.24. The molecule has 0 unspecified atom stereocenters. The number of methoxy groups -OCH3 is 1. The van der Waals surface area contributed by atoms with Crippen LogP contribution in [-0.2, 0) is 4.74 Å². The van der Waals surface area contributed by atoms with Gasteiger partial charge in [0.15, 0.2) is 0 Å². The molecule has 2 rings (SSSR count).